The van der Waals surface area contributed by atoms with Gasteiger partial charge in [0, 0.05) is 5.56 Å². The zero-order chi connectivity index (χ0) is 15.2. The molecule has 0 atom stereocenters. The van der Waals surface area contributed by atoms with Crippen molar-refractivity contribution >= 4 is 46.7 Å². The van der Waals surface area contributed by atoms with E-state index in [-0.39, 0.29) is 6.61 Å². The van der Waals surface area contributed by atoms with Gasteiger partial charge in [-0.3, -0.25) is 5.41 Å². The summed E-state index contributed by atoms with van der Waals surface area (Å²) in [5.41, 5.74) is 0.835. The van der Waals surface area contributed by atoms with Crippen LogP contribution >= 0.6 is 34.8 Å². The van der Waals surface area contributed by atoms with E-state index in [1.165, 1.54) is 7.11 Å². The second kappa shape index (κ2) is 7.39. The Hall–Kier alpha value is -1.41. The Morgan fingerprint density at radius 2 is 2.00 bits per heavy atom. The number of carbonyl (C=O) groups excluding carboxylic acids is 1. The molecule has 1 aromatic carbocycles. The molecule has 0 bridgehead atoms. The van der Waals surface area contributed by atoms with E-state index in [0.29, 0.717) is 11.1 Å². The van der Waals surface area contributed by atoms with Gasteiger partial charge >= 0.3 is 5.97 Å². The van der Waals surface area contributed by atoms with Crippen LogP contribution in [0.5, 0.6) is 0 Å². The van der Waals surface area contributed by atoms with Crippen LogP contribution in [0.4, 0.5) is 0 Å². The van der Waals surface area contributed by atoms with Crippen LogP contribution in [0.25, 0.3) is 0 Å². The lowest BCUT2D eigenvalue weighted by Crippen LogP contribution is -2.21. The van der Waals surface area contributed by atoms with Crippen molar-refractivity contribution in [3.8, 4) is 11.8 Å². The molecule has 20 heavy (non-hydrogen) atoms. The van der Waals surface area contributed by atoms with Crippen molar-refractivity contribution in [1.82, 2.24) is 0 Å². The Balaban J connectivity index is 2.74. The van der Waals surface area contributed by atoms with Crippen molar-refractivity contribution in [3.63, 3.8) is 0 Å². The van der Waals surface area contributed by atoms with E-state index in [1.807, 2.05) is 0 Å². The fraction of sp³-hybridized carbons (Fsp3) is 0.231. The van der Waals surface area contributed by atoms with E-state index >= 15 is 0 Å². The topological polar surface area (TPSA) is 59.4 Å². The number of esters is 1. The van der Waals surface area contributed by atoms with E-state index in [4.69, 9.17) is 44.9 Å². The first kappa shape index (κ1) is 16.6. The van der Waals surface area contributed by atoms with Crippen LogP contribution in [0.2, 0.25) is 0 Å². The number of halogens is 3. The second-order valence-electron chi connectivity index (χ2n) is 3.45. The standard InChI is InChI=1S/C13H10Cl3NO3/c1-19-11(18)10-7-3-2-5-9(10)6-4-8-20-12(17)13(14,15)16/h2-3,5,7,17H,8H2,1H3. The number of rotatable bonds is 2. The molecule has 0 heterocycles. The summed E-state index contributed by atoms with van der Waals surface area (Å²) < 4.78 is 7.58. The van der Waals surface area contributed by atoms with E-state index in [0.717, 1.165) is 0 Å². The smallest absolute Gasteiger partial charge is 0.339 e. The van der Waals surface area contributed by atoms with Crippen LogP contribution in [-0.4, -0.2) is 29.4 Å². The number of carbonyl (C=O) groups is 1. The summed E-state index contributed by atoms with van der Waals surface area (Å²) in [6.45, 7) is -0.137. The fourth-order valence-electron chi connectivity index (χ4n) is 1.20. The Kier molecular flexibility index (Phi) is 6.15. The van der Waals surface area contributed by atoms with Gasteiger partial charge in [0.25, 0.3) is 3.79 Å². The lowest BCUT2D eigenvalue weighted by Gasteiger charge is -2.11. The molecule has 0 saturated heterocycles. The van der Waals surface area contributed by atoms with Gasteiger partial charge in [0.2, 0.25) is 5.90 Å². The van der Waals surface area contributed by atoms with Crippen LogP contribution in [0.1, 0.15) is 15.9 Å². The Bertz CT molecular complexity index is 570. The van der Waals surface area contributed by atoms with E-state index in [9.17, 15) is 4.79 Å². The highest BCUT2D eigenvalue weighted by atomic mass is 35.6. The summed E-state index contributed by atoms with van der Waals surface area (Å²) >= 11 is 16.3. The minimum absolute atomic E-state index is 0.137. The largest absolute Gasteiger partial charge is 0.465 e. The van der Waals surface area contributed by atoms with Crippen molar-refractivity contribution in [1.29, 1.82) is 5.41 Å². The maximum Gasteiger partial charge on any atom is 0.339 e. The van der Waals surface area contributed by atoms with Crippen molar-refractivity contribution < 1.29 is 14.3 Å². The van der Waals surface area contributed by atoms with Crippen molar-refractivity contribution in [2.45, 2.75) is 3.79 Å². The normalized spacial score (nSPS) is 10.2. The number of alkyl halides is 3. The highest BCUT2D eigenvalue weighted by Gasteiger charge is 2.28. The fourth-order valence-corrected chi connectivity index (χ4v) is 1.37. The minimum Gasteiger partial charge on any atom is -0.465 e. The summed E-state index contributed by atoms with van der Waals surface area (Å²) in [7, 11) is 1.29. The highest BCUT2D eigenvalue weighted by Crippen LogP contribution is 2.27. The Morgan fingerprint density at radius 3 is 2.60 bits per heavy atom. The SMILES string of the molecule is COC(=O)c1ccccc1C#CCOC(=N)C(Cl)(Cl)Cl. The molecule has 1 rings (SSSR count). The van der Waals surface area contributed by atoms with Crippen LogP contribution in [0.3, 0.4) is 0 Å². The maximum atomic E-state index is 11.5. The number of hydrogen-bond acceptors (Lipinski definition) is 4. The Morgan fingerprint density at radius 1 is 1.35 bits per heavy atom. The maximum absolute atomic E-state index is 11.5. The molecule has 0 aliphatic heterocycles. The van der Waals surface area contributed by atoms with Gasteiger partial charge in [-0.05, 0) is 12.1 Å². The minimum atomic E-state index is -1.91. The van der Waals surface area contributed by atoms with E-state index < -0.39 is 15.7 Å². The molecular formula is C13H10Cl3NO3. The Labute approximate surface area is 131 Å². The first-order chi connectivity index (χ1) is 9.36. The molecule has 0 unspecified atom stereocenters. The molecule has 0 fully saturated rings. The zero-order valence-corrected chi connectivity index (χ0v) is 12.6. The third-order valence-electron chi connectivity index (χ3n) is 2.10. The lowest BCUT2D eigenvalue weighted by atomic mass is 10.1. The van der Waals surface area contributed by atoms with Crippen molar-refractivity contribution in [2.24, 2.45) is 0 Å². The average Bonchev–Trinajstić information content (AvgIpc) is 2.41. The summed E-state index contributed by atoms with van der Waals surface area (Å²) in [5, 5.41) is 7.30. The van der Waals surface area contributed by atoms with Gasteiger partial charge in [0.05, 0.1) is 12.7 Å². The summed E-state index contributed by atoms with van der Waals surface area (Å²) in [6.07, 6.45) is 0. The molecule has 1 N–H and O–H groups in total. The van der Waals surface area contributed by atoms with Crippen molar-refractivity contribution in [3.05, 3.63) is 35.4 Å². The number of benzene rings is 1. The summed E-state index contributed by atoms with van der Waals surface area (Å²) in [5.74, 6) is 4.36. The molecule has 1 aromatic rings. The first-order valence-corrected chi connectivity index (χ1v) is 6.44. The van der Waals surface area contributed by atoms with Crippen LogP contribution in [0, 0.1) is 17.3 Å². The van der Waals surface area contributed by atoms with Crippen LogP contribution in [-0.2, 0) is 9.47 Å². The monoisotopic (exact) mass is 333 g/mol. The summed E-state index contributed by atoms with van der Waals surface area (Å²) in [6, 6.07) is 6.70. The predicted octanol–water partition coefficient (Wildman–Crippen LogP) is 3.19. The van der Waals surface area contributed by atoms with Gasteiger partial charge < -0.3 is 9.47 Å². The van der Waals surface area contributed by atoms with Gasteiger partial charge in [0.15, 0.2) is 6.61 Å². The molecule has 7 heteroatoms. The highest BCUT2D eigenvalue weighted by molar-refractivity contribution is 6.76. The number of hydrogen-bond donors (Lipinski definition) is 1. The number of ether oxygens (including phenoxy) is 2. The van der Waals surface area contributed by atoms with Crippen LogP contribution < -0.4 is 0 Å². The molecule has 4 nitrogen and oxygen atoms in total. The van der Waals surface area contributed by atoms with E-state index in [2.05, 4.69) is 16.6 Å². The molecule has 0 saturated carbocycles. The molecule has 0 aromatic heterocycles. The van der Waals surface area contributed by atoms with Gasteiger partial charge in [-0.15, -0.1) is 0 Å². The number of nitrogens with one attached hydrogen (secondary N) is 1. The van der Waals surface area contributed by atoms with Gasteiger partial charge in [-0.2, -0.15) is 0 Å². The summed E-state index contributed by atoms with van der Waals surface area (Å²) in [4.78, 5) is 11.5. The van der Waals surface area contributed by atoms with E-state index in [1.54, 1.807) is 24.3 Å². The molecule has 0 amide bonds. The molecule has 0 aliphatic carbocycles. The molecule has 106 valence electrons. The van der Waals surface area contributed by atoms with Gasteiger partial charge in [-0.1, -0.05) is 58.8 Å². The van der Waals surface area contributed by atoms with Gasteiger partial charge in [-0.25, -0.2) is 4.79 Å². The molecular weight excluding hydrogens is 325 g/mol. The number of methoxy groups -OCH3 is 1. The predicted molar refractivity (Wildman–Crippen MR) is 78.6 cm³/mol. The quantitative estimate of drug-likeness (QED) is 0.297. The van der Waals surface area contributed by atoms with Crippen molar-refractivity contribution in [2.75, 3.05) is 13.7 Å². The molecule has 0 spiro atoms. The lowest BCUT2D eigenvalue weighted by molar-refractivity contribution is 0.0600. The zero-order valence-electron chi connectivity index (χ0n) is 10.4. The third kappa shape index (κ3) is 4.93. The van der Waals surface area contributed by atoms with Crippen LogP contribution in [0.15, 0.2) is 24.3 Å². The molecule has 0 aliphatic rings. The van der Waals surface area contributed by atoms with Gasteiger partial charge in [0.1, 0.15) is 0 Å². The average molecular weight is 335 g/mol. The molecule has 0 radical (unpaired) electrons. The first-order valence-electron chi connectivity index (χ1n) is 5.31. The third-order valence-corrected chi connectivity index (χ3v) is 2.62. The second-order valence-corrected chi connectivity index (χ2v) is 5.74.